The highest BCUT2D eigenvalue weighted by atomic mass is 32.2. The number of aromatic hydroxyl groups is 1. The topological polar surface area (TPSA) is 99.1 Å². The maximum atomic E-state index is 12.5. The summed E-state index contributed by atoms with van der Waals surface area (Å²) in [7, 11) is -3.49. The van der Waals surface area contributed by atoms with Gasteiger partial charge in [-0.1, -0.05) is 60.7 Å². The summed E-state index contributed by atoms with van der Waals surface area (Å²) in [6.45, 7) is 0.142. The summed E-state index contributed by atoms with van der Waals surface area (Å²) in [5.74, 6) is -0.361. The molecule has 4 rings (SSSR count). The van der Waals surface area contributed by atoms with E-state index in [0.29, 0.717) is 16.8 Å². The second kappa shape index (κ2) is 9.76. The molecule has 7 nitrogen and oxygen atoms in total. The zero-order chi connectivity index (χ0) is 24.1. The average Bonchev–Trinajstić information content (AvgIpc) is 2.84. The first-order valence-electron chi connectivity index (χ1n) is 10.5. The minimum atomic E-state index is -3.49. The molecule has 0 aliphatic heterocycles. The molecule has 0 saturated heterocycles. The Hall–Kier alpha value is -4.17. The summed E-state index contributed by atoms with van der Waals surface area (Å²) in [5, 5.41) is 15.9. The minimum Gasteiger partial charge on any atom is -0.507 e. The van der Waals surface area contributed by atoms with Gasteiger partial charge < -0.3 is 5.11 Å². The maximum absolute atomic E-state index is 12.5. The van der Waals surface area contributed by atoms with Crippen LogP contribution in [0.2, 0.25) is 0 Å². The molecule has 0 radical (unpaired) electrons. The third-order valence-electron chi connectivity index (χ3n) is 5.29. The van der Waals surface area contributed by atoms with Crippen LogP contribution in [0.15, 0.2) is 96.1 Å². The fourth-order valence-corrected chi connectivity index (χ4v) is 4.45. The lowest BCUT2D eigenvalue weighted by Crippen LogP contribution is -2.29. The molecule has 34 heavy (non-hydrogen) atoms. The molecule has 0 heterocycles. The van der Waals surface area contributed by atoms with Gasteiger partial charge in [-0.2, -0.15) is 5.10 Å². The molecule has 0 aliphatic carbocycles. The predicted octanol–water partition coefficient (Wildman–Crippen LogP) is 4.28. The van der Waals surface area contributed by atoms with Crippen molar-refractivity contribution in [2.75, 3.05) is 10.6 Å². The molecule has 0 aliphatic rings. The highest BCUT2D eigenvalue weighted by Gasteiger charge is 2.17. The van der Waals surface area contributed by atoms with Crippen molar-refractivity contribution in [2.45, 2.75) is 6.54 Å². The first-order chi connectivity index (χ1) is 16.3. The first-order valence-corrected chi connectivity index (χ1v) is 12.3. The SMILES string of the molecule is CS(=O)(=O)N(Cc1ccc(C(=O)N/N=C/c2c(O)ccc3ccccc23)cc1)c1ccccc1. The molecule has 0 saturated carbocycles. The maximum Gasteiger partial charge on any atom is 0.271 e. The first kappa shape index (κ1) is 23.0. The number of hydrogen-bond donors (Lipinski definition) is 2. The Balaban J connectivity index is 1.46. The molecule has 0 spiro atoms. The number of carbonyl (C=O) groups is 1. The number of hydrogen-bond acceptors (Lipinski definition) is 5. The van der Waals surface area contributed by atoms with E-state index in [1.54, 1.807) is 54.6 Å². The summed E-state index contributed by atoms with van der Waals surface area (Å²) in [6.07, 6.45) is 2.57. The minimum absolute atomic E-state index is 0.0647. The Morgan fingerprint density at radius 3 is 2.32 bits per heavy atom. The van der Waals surface area contributed by atoms with E-state index in [4.69, 9.17) is 0 Å². The molecule has 4 aromatic carbocycles. The Morgan fingerprint density at radius 2 is 1.62 bits per heavy atom. The van der Waals surface area contributed by atoms with E-state index >= 15 is 0 Å². The van der Waals surface area contributed by atoms with Crippen molar-refractivity contribution in [3.63, 3.8) is 0 Å². The normalized spacial score (nSPS) is 11.6. The van der Waals surface area contributed by atoms with Gasteiger partial charge in [-0.3, -0.25) is 9.10 Å². The van der Waals surface area contributed by atoms with Gasteiger partial charge in [0.1, 0.15) is 5.75 Å². The number of nitrogens with zero attached hydrogens (tertiary/aromatic N) is 2. The second-order valence-corrected chi connectivity index (χ2v) is 9.63. The van der Waals surface area contributed by atoms with Crippen LogP contribution in [0.5, 0.6) is 5.75 Å². The quantitative estimate of drug-likeness (QED) is 0.309. The van der Waals surface area contributed by atoms with Crippen LogP contribution in [0.25, 0.3) is 10.8 Å². The lowest BCUT2D eigenvalue weighted by Gasteiger charge is -2.22. The Labute approximate surface area is 198 Å². The van der Waals surface area contributed by atoms with Crippen LogP contribution in [0.1, 0.15) is 21.5 Å². The molecule has 0 fully saturated rings. The summed E-state index contributed by atoms with van der Waals surface area (Å²) >= 11 is 0. The summed E-state index contributed by atoms with van der Waals surface area (Å²) in [5.41, 5.74) is 4.64. The lowest BCUT2D eigenvalue weighted by molar-refractivity contribution is 0.0955. The van der Waals surface area contributed by atoms with E-state index in [1.807, 2.05) is 36.4 Å². The van der Waals surface area contributed by atoms with E-state index in [0.717, 1.165) is 22.6 Å². The van der Waals surface area contributed by atoms with Crippen molar-refractivity contribution in [3.05, 3.63) is 108 Å². The van der Waals surface area contributed by atoms with E-state index in [9.17, 15) is 18.3 Å². The van der Waals surface area contributed by atoms with Gasteiger partial charge in [0.15, 0.2) is 0 Å². The molecule has 0 bridgehead atoms. The van der Waals surface area contributed by atoms with E-state index < -0.39 is 15.9 Å². The zero-order valence-electron chi connectivity index (χ0n) is 18.4. The van der Waals surface area contributed by atoms with Crippen LogP contribution < -0.4 is 9.73 Å². The number of nitrogens with one attached hydrogen (secondary N) is 1. The average molecular weight is 474 g/mol. The number of amides is 1. The molecule has 172 valence electrons. The molecule has 0 aromatic heterocycles. The van der Waals surface area contributed by atoms with Crippen molar-refractivity contribution < 1.29 is 18.3 Å². The standard InChI is InChI=1S/C26H23N3O4S/c1-34(32,33)29(22-8-3-2-4-9-22)18-19-11-13-21(14-12-19)26(31)28-27-17-24-23-10-6-5-7-20(23)15-16-25(24)30/h2-17,30H,18H2,1H3,(H,28,31)/b27-17+. The largest absolute Gasteiger partial charge is 0.507 e. The van der Waals surface area contributed by atoms with E-state index in [1.165, 1.54) is 10.5 Å². The number of fused-ring (bicyclic) bond motifs is 1. The summed E-state index contributed by atoms with van der Waals surface area (Å²) in [4.78, 5) is 12.5. The molecule has 0 atom stereocenters. The number of phenols is 1. The van der Waals surface area contributed by atoms with Gasteiger partial charge in [0, 0.05) is 11.1 Å². The molecular weight excluding hydrogens is 450 g/mol. The number of anilines is 1. The number of carbonyl (C=O) groups excluding carboxylic acids is 1. The Kier molecular flexibility index (Phi) is 6.60. The van der Waals surface area contributed by atoms with Crippen molar-refractivity contribution in [2.24, 2.45) is 5.10 Å². The second-order valence-electron chi connectivity index (χ2n) is 7.72. The zero-order valence-corrected chi connectivity index (χ0v) is 19.2. The third-order valence-corrected chi connectivity index (χ3v) is 6.43. The van der Waals surface area contributed by atoms with Crippen LogP contribution in [-0.2, 0) is 16.6 Å². The van der Waals surface area contributed by atoms with Crippen LogP contribution >= 0.6 is 0 Å². The van der Waals surface area contributed by atoms with Crippen LogP contribution in [0.3, 0.4) is 0 Å². The van der Waals surface area contributed by atoms with Crippen molar-refractivity contribution in [1.82, 2.24) is 5.43 Å². The number of hydrazone groups is 1. The molecule has 8 heteroatoms. The fraction of sp³-hybridized carbons (Fsp3) is 0.0769. The van der Waals surface area contributed by atoms with Gasteiger partial charge in [0.05, 0.1) is 24.7 Å². The third kappa shape index (κ3) is 5.24. The number of benzene rings is 4. The smallest absolute Gasteiger partial charge is 0.271 e. The number of sulfonamides is 1. The molecular formula is C26H23N3O4S. The molecule has 1 amide bonds. The van der Waals surface area contributed by atoms with Crippen molar-refractivity contribution in [1.29, 1.82) is 0 Å². The number of rotatable bonds is 7. The molecule has 2 N–H and O–H groups in total. The predicted molar refractivity (Wildman–Crippen MR) is 135 cm³/mol. The highest BCUT2D eigenvalue weighted by Crippen LogP contribution is 2.25. The van der Waals surface area contributed by atoms with Gasteiger partial charge in [0.25, 0.3) is 5.91 Å². The van der Waals surface area contributed by atoms with Gasteiger partial charge in [-0.25, -0.2) is 13.8 Å². The van der Waals surface area contributed by atoms with Gasteiger partial charge in [-0.05, 0) is 46.7 Å². The monoisotopic (exact) mass is 473 g/mol. The number of phenolic OH excluding ortho intramolecular Hbond substituents is 1. The van der Waals surface area contributed by atoms with Gasteiger partial charge >= 0.3 is 0 Å². The van der Waals surface area contributed by atoms with Gasteiger partial charge in [0.2, 0.25) is 10.0 Å². The van der Waals surface area contributed by atoms with Crippen molar-refractivity contribution >= 4 is 38.6 Å². The van der Waals surface area contributed by atoms with Crippen LogP contribution in [0, 0.1) is 0 Å². The van der Waals surface area contributed by atoms with Crippen molar-refractivity contribution in [3.8, 4) is 5.75 Å². The molecule has 0 unspecified atom stereocenters. The lowest BCUT2D eigenvalue weighted by atomic mass is 10.0. The summed E-state index contributed by atoms with van der Waals surface area (Å²) in [6, 6.07) is 26.4. The van der Waals surface area contributed by atoms with Crippen LogP contribution in [0.4, 0.5) is 5.69 Å². The Bertz CT molecular complexity index is 1450. The van der Waals surface area contributed by atoms with E-state index in [2.05, 4.69) is 10.5 Å². The fourth-order valence-electron chi connectivity index (χ4n) is 3.56. The van der Waals surface area contributed by atoms with E-state index in [-0.39, 0.29) is 12.3 Å². The number of para-hydroxylation sites is 1. The Morgan fingerprint density at radius 1 is 0.941 bits per heavy atom. The highest BCUT2D eigenvalue weighted by molar-refractivity contribution is 7.92. The molecule has 4 aromatic rings. The summed E-state index contributed by atoms with van der Waals surface area (Å²) < 4.78 is 25.9. The van der Waals surface area contributed by atoms with Gasteiger partial charge in [-0.15, -0.1) is 0 Å². The van der Waals surface area contributed by atoms with Crippen LogP contribution in [-0.4, -0.2) is 31.9 Å².